The van der Waals surface area contributed by atoms with E-state index in [1.54, 1.807) is 20.3 Å². The van der Waals surface area contributed by atoms with E-state index in [-0.39, 0.29) is 34.7 Å². The van der Waals surface area contributed by atoms with Gasteiger partial charge in [0.05, 0.1) is 59.6 Å². The van der Waals surface area contributed by atoms with E-state index in [4.69, 9.17) is 23.9 Å². The number of nitrogens with zero attached hydrogens (tertiary/aromatic N) is 7. The van der Waals surface area contributed by atoms with E-state index in [2.05, 4.69) is 64.9 Å². The molecular formula is C60H74N10O10S2. The molecule has 4 N–H and O–H groups in total. The number of aromatic amines is 1. The Bertz CT molecular complexity index is 3450. The van der Waals surface area contributed by atoms with Crippen LogP contribution in [0.4, 0.5) is 28.4 Å². The van der Waals surface area contributed by atoms with Crippen molar-refractivity contribution < 1.29 is 42.2 Å². The molecule has 0 bridgehead atoms. The smallest absolute Gasteiger partial charge is 0.293 e. The molecule has 4 aliphatic heterocycles. The highest BCUT2D eigenvalue weighted by Gasteiger charge is 2.51. The van der Waals surface area contributed by atoms with E-state index in [0.29, 0.717) is 85.5 Å². The molecule has 82 heavy (non-hydrogen) atoms. The van der Waals surface area contributed by atoms with Gasteiger partial charge in [-0.15, -0.1) is 11.3 Å². The Kier molecular flexibility index (Phi) is 15.4. The Hall–Kier alpha value is -6.56. The van der Waals surface area contributed by atoms with Crippen LogP contribution in [0.3, 0.4) is 0 Å². The summed E-state index contributed by atoms with van der Waals surface area (Å²) < 4.78 is 54.4. The lowest BCUT2D eigenvalue weighted by molar-refractivity contribution is -0.384. The first-order chi connectivity index (χ1) is 39.5. The number of rotatable bonds is 16. The first kappa shape index (κ1) is 55.9. The number of H-pyrrole nitrogens is 1. The van der Waals surface area contributed by atoms with Crippen LogP contribution in [0.2, 0.25) is 0 Å². The summed E-state index contributed by atoms with van der Waals surface area (Å²) in [6.07, 6.45) is 10.9. The lowest BCUT2D eigenvalue weighted by Crippen LogP contribution is -2.59. The molecule has 2 aliphatic carbocycles. The quantitative estimate of drug-likeness (QED) is 0.0522. The number of hydrogen-bond acceptors (Lipinski definition) is 18. The van der Waals surface area contributed by atoms with E-state index in [0.717, 1.165) is 100 Å². The Morgan fingerprint density at radius 2 is 1.79 bits per heavy atom. The molecule has 22 heteroatoms. The zero-order valence-electron chi connectivity index (χ0n) is 47.3. The lowest BCUT2D eigenvalue weighted by atomic mass is 9.59. The zero-order valence-corrected chi connectivity index (χ0v) is 48.9. The van der Waals surface area contributed by atoms with Crippen molar-refractivity contribution in [2.45, 2.75) is 126 Å². The second-order valence-electron chi connectivity index (χ2n) is 24.1. The number of anilines is 4. The van der Waals surface area contributed by atoms with E-state index in [9.17, 15) is 28.4 Å². The maximum Gasteiger partial charge on any atom is 0.293 e. The lowest BCUT2D eigenvalue weighted by Gasteiger charge is -2.58. The molecule has 0 radical (unpaired) electrons. The molecule has 3 atom stereocenters. The maximum absolute atomic E-state index is 14.8. The third kappa shape index (κ3) is 11.1. The summed E-state index contributed by atoms with van der Waals surface area (Å²) in [4.78, 5) is 50.1. The van der Waals surface area contributed by atoms with Gasteiger partial charge in [0.2, 0.25) is 5.88 Å². The Labute approximate surface area is 482 Å². The number of nitro benzene ring substituents is 1. The average molecular weight is 1160 g/mol. The standard InChI is InChI=1S/C60H74N10O10S2/c1-37(2)44-14-25-81-54(44)51-35-66(34-39-26-52(77-4)58(78-5)63-33-39)22-23-68(51)42-30-60(31-42)17-20-67(21-18-60)41-6-8-45(48(28-41)69-47-13-24-79-36-53(47)80-57-50(69)27-40-12-19-61-55(40)64-57)56(71)65-82(75,76)43-7-9-46(49(29-43)70(73)74)62-32-38-10-15-59(3,72)16-11-38/h6-9,12,14,19,25-29,33,37-38,42,47,51,53,62,72H,10-11,13,15-18,20-24,30-32,34-36H2,1-5H3,(H,61,64)(H,65,71)/t38?,47-,51-,53-,59?/m0/s1. The number of thiophene rings is 1. The number of ether oxygens (including phenoxy) is 4. The maximum atomic E-state index is 14.8. The van der Waals surface area contributed by atoms with E-state index in [1.807, 2.05) is 61.0 Å². The fourth-order valence-corrected chi connectivity index (χ4v) is 15.9. The molecule has 1 amide bonds. The predicted molar refractivity (Wildman–Crippen MR) is 315 cm³/mol. The Morgan fingerprint density at radius 1 is 0.988 bits per heavy atom. The summed E-state index contributed by atoms with van der Waals surface area (Å²) in [5.41, 5.74) is 4.53. The number of amides is 1. The number of nitrogens with one attached hydrogen (secondary N) is 3. The topological polar surface area (TPSA) is 230 Å². The van der Waals surface area contributed by atoms with Crippen LogP contribution in [0.1, 0.15) is 117 Å². The molecule has 8 heterocycles. The number of methoxy groups -OCH3 is 2. The fraction of sp³-hybridized carbons (Fsp3) is 0.517. The van der Waals surface area contributed by atoms with Crippen LogP contribution < -0.4 is 34.0 Å². The highest BCUT2D eigenvalue weighted by atomic mass is 32.2. The molecule has 6 aliphatic rings. The predicted octanol–water partition coefficient (Wildman–Crippen LogP) is 9.54. The van der Waals surface area contributed by atoms with Crippen molar-refractivity contribution in [2.75, 3.05) is 81.8 Å². The second kappa shape index (κ2) is 22.5. The van der Waals surface area contributed by atoms with Gasteiger partial charge in [-0.1, -0.05) is 13.8 Å². The second-order valence-corrected chi connectivity index (χ2v) is 26.7. The highest BCUT2D eigenvalue weighted by molar-refractivity contribution is 7.90. The van der Waals surface area contributed by atoms with Crippen LogP contribution in [-0.4, -0.2) is 140 Å². The van der Waals surface area contributed by atoms with Crippen LogP contribution in [0, 0.1) is 21.4 Å². The van der Waals surface area contributed by atoms with Crippen LogP contribution in [0.25, 0.3) is 11.0 Å². The number of benzene rings is 2. The van der Waals surface area contributed by atoms with Gasteiger partial charge in [0, 0.05) is 92.9 Å². The minimum atomic E-state index is -4.64. The summed E-state index contributed by atoms with van der Waals surface area (Å²) in [5.74, 6) is 1.20. The number of sulfonamides is 1. The van der Waals surface area contributed by atoms with Crippen molar-refractivity contribution in [1.29, 1.82) is 0 Å². The minimum Gasteiger partial charge on any atom is -0.491 e. The molecule has 436 valence electrons. The number of hydrogen-bond donors (Lipinski definition) is 4. The number of pyridine rings is 2. The van der Waals surface area contributed by atoms with Gasteiger partial charge in [0.15, 0.2) is 5.75 Å². The van der Waals surface area contributed by atoms with Crippen LogP contribution in [-0.2, 0) is 21.3 Å². The summed E-state index contributed by atoms with van der Waals surface area (Å²) >= 11 is 1.88. The van der Waals surface area contributed by atoms with Crippen molar-refractivity contribution >= 4 is 66.7 Å². The molecule has 5 fully saturated rings. The molecule has 4 aromatic heterocycles. The van der Waals surface area contributed by atoms with Crippen LogP contribution in [0.5, 0.6) is 17.5 Å². The number of piperidine rings is 1. The molecule has 3 saturated heterocycles. The van der Waals surface area contributed by atoms with Gasteiger partial charge in [0.1, 0.15) is 23.1 Å². The van der Waals surface area contributed by atoms with Gasteiger partial charge in [-0.3, -0.25) is 24.7 Å². The molecular weight excluding hydrogens is 1080 g/mol. The Morgan fingerprint density at radius 3 is 2.55 bits per heavy atom. The number of carbonyl (C=O) groups excluding carboxylic acids is 1. The summed E-state index contributed by atoms with van der Waals surface area (Å²) in [5, 5.41) is 29.1. The van der Waals surface area contributed by atoms with E-state index in [1.165, 1.54) is 22.6 Å². The number of carbonyl (C=O) groups is 1. The fourth-order valence-electron chi connectivity index (χ4n) is 13.7. The van der Waals surface area contributed by atoms with Gasteiger partial charge < -0.3 is 44.2 Å². The number of fused-ring (bicyclic) bond motifs is 3. The number of piperazine rings is 1. The number of aromatic nitrogens is 3. The number of aliphatic hydroxyl groups is 1. The molecule has 12 rings (SSSR count). The molecule has 0 unspecified atom stereocenters. The first-order valence-corrected chi connectivity index (χ1v) is 31.2. The van der Waals surface area contributed by atoms with Gasteiger partial charge in [-0.2, -0.15) is 4.98 Å². The molecule has 6 aromatic rings. The van der Waals surface area contributed by atoms with Gasteiger partial charge in [0.25, 0.3) is 27.5 Å². The zero-order chi connectivity index (χ0) is 57.1. The van der Waals surface area contributed by atoms with Crippen molar-refractivity contribution in [3.63, 3.8) is 0 Å². The third-order valence-electron chi connectivity index (χ3n) is 18.4. The minimum absolute atomic E-state index is 0.107. The largest absolute Gasteiger partial charge is 0.491 e. The van der Waals surface area contributed by atoms with E-state index < -0.39 is 43.1 Å². The van der Waals surface area contributed by atoms with Crippen LogP contribution >= 0.6 is 11.3 Å². The van der Waals surface area contributed by atoms with Crippen molar-refractivity contribution in [2.24, 2.45) is 11.3 Å². The first-order valence-electron chi connectivity index (χ1n) is 28.8. The monoisotopic (exact) mass is 1160 g/mol. The van der Waals surface area contributed by atoms with Crippen molar-refractivity contribution in [3.8, 4) is 17.5 Å². The third-order valence-corrected chi connectivity index (χ3v) is 20.8. The van der Waals surface area contributed by atoms with Gasteiger partial charge in [-0.25, -0.2) is 18.1 Å². The average Bonchev–Trinajstić information content (AvgIpc) is 2.91. The Balaban J connectivity index is 0.792. The molecule has 2 aromatic carbocycles. The molecule has 20 nitrogen and oxygen atoms in total. The van der Waals surface area contributed by atoms with Crippen molar-refractivity contribution in [1.82, 2.24) is 29.5 Å². The molecule has 1 spiro atoms. The van der Waals surface area contributed by atoms with Crippen LogP contribution in [0.15, 0.2) is 83.3 Å². The summed E-state index contributed by atoms with van der Waals surface area (Å²) in [7, 11) is -1.39. The van der Waals surface area contributed by atoms with Gasteiger partial charge >= 0.3 is 0 Å². The number of nitro groups is 1. The summed E-state index contributed by atoms with van der Waals surface area (Å²) in [6.45, 7) is 12.8. The highest BCUT2D eigenvalue weighted by Crippen LogP contribution is 2.54. The normalized spacial score (nSPS) is 24.1. The van der Waals surface area contributed by atoms with Gasteiger partial charge in [-0.05, 0) is 153 Å². The SMILES string of the molecule is COc1cc(CN2CCN(C3CC4(CCN(c5ccc(C(=O)NS(=O)(=O)c6ccc(NCC7CCC(C)(O)CC7)c([N+](=O)[O-])c6)c(N6c7cc8cc[nH]c8nc7O[C@H]7COCC[C@@H]76)c5)CC4)C3)[C@H](c3sccc3C(C)C)C2)cnc1OC. The van der Waals surface area contributed by atoms with Crippen molar-refractivity contribution in [3.05, 3.63) is 110 Å². The summed E-state index contributed by atoms with van der Waals surface area (Å²) in [6, 6.07) is 17.9. The van der Waals surface area contributed by atoms with E-state index >= 15 is 0 Å². The molecule has 2 saturated carbocycles.